The summed E-state index contributed by atoms with van der Waals surface area (Å²) in [6.07, 6.45) is 4.43. The van der Waals surface area contributed by atoms with Gasteiger partial charge < -0.3 is 15.0 Å². The lowest BCUT2D eigenvalue weighted by Crippen LogP contribution is -2.48. The first-order valence-corrected chi connectivity index (χ1v) is 8.51. The first-order valence-electron chi connectivity index (χ1n) is 8.51. The molecule has 2 aliphatic rings. The summed E-state index contributed by atoms with van der Waals surface area (Å²) in [6.45, 7) is 14.9. The van der Waals surface area contributed by atoms with Crippen LogP contribution in [-0.4, -0.2) is 74.9 Å². The highest BCUT2D eigenvalue weighted by molar-refractivity contribution is 4.80. The van der Waals surface area contributed by atoms with Crippen LogP contribution in [0.4, 0.5) is 0 Å². The number of piperazine rings is 1. The Balaban J connectivity index is 1.39. The maximum atomic E-state index is 5.53. The minimum atomic E-state index is 0.363. The Labute approximate surface area is 124 Å². The van der Waals surface area contributed by atoms with Crippen molar-refractivity contribution in [1.29, 1.82) is 0 Å². The van der Waals surface area contributed by atoms with E-state index >= 15 is 0 Å². The fourth-order valence-electron chi connectivity index (χ4n) is 2.74. The van der Waals surface area contributed by atoms with Crippen molar-refractivity contribution in [1.82, 2.24) is 15.1 Å². The quantitative estimate of drug-likeness (QED) is 0.614. The van der Waals surface area contributed by atoms with Crippen molar-refractivity contribution in [3.8, 4) is 0 Å². The van der Waals surface area contributed by atoms with Gasteiger partial charge in [-0.15, -0.1) is 0 Å². The Bertz CT molecular complexity index is 248. The molecule has 2 fully saturated rings. The summed E-state index contributed by atoms with van der Waals surface area (Å²) in [5, 5.41) is 3.52. The SMILES string of the molecule is CC(C)OCCCNCCN1CCN(CC2CC2)CC1. The number of nitrogens with zero attached hydrogens (tertiary/aromatic N) is 2. The molecule has 0 spiro atoms. The standard InChI is InChI=1S/C16H33N3O/c1-15(2)20-13-3-6-17-7-8-18-9-11-19(12-10-18)14-16-4-5-16/h15-17H,3-14H2,1-2H3. The molecule has 1 aliphatic heterocycles. The van der Waals surface area contributed by atoms with Gasteiger partial charge in [-0.1, -0.05) is 0 Å². The van der Waals surface area contributed by atoms with Crippen LogP contribution in [0, 0.1) is 5.92 Å². The van der Waals surface area contributed by atoms with E-state index < -0.39 is 0 Å². The molecule has 0 atom stereocenters. The summed E-state index contributed by atoms with van der Waals surface area (Å²) < 4.78 is 5.53. The smallest absolute Gasteiger partial charge is 0.0518 e. The molecule has 118 valence electrons. The summed E-state index contributed by atoms with van der Waals surface area (Å²) in [5.74, 6) is 1.04. The average molecular weight is 283 g/mol. The van der Waals surface area contributed by atoms with Crippen LogP contribution in [0.15, 0.2) is 0 Å². The van der Waals surface area contributed by atoms with Crippen LogP contribution in [0.3, 0.4) is 0 Å². The van der Waals surface area contributed by atoms with Gasteiger partial charge in [0.25, 0.3) is 0 Å². The van der Waals surface area contributed by atoms with Gasteiger partial charge in [-0.25, -0.2) is 0 Å². The van der Waals surface area contributed by atoms with Crippen LogP contribution < -0.4 is 5.32 Å². The lowest BCUT2D eigenvalue weighted by Gasteiger charge is -2.34. The summed E-state index contributed by atoms with van der Waals surface area (Å²) in [7, 11) is 0. The molecule has 20 heavy (non-hydrogen) atoms. The van der Waals surface area contributed by atoms with Gasteiger partial charge in [0.05, 0.1) is 6.10 Å². The molecule has 4 heteroatoms. The number of hydrogen-bond donors (Lipinski definition) is 1. The van der Waals surface area contributed by atoms with E-state index in [-0.39, 0.29) is 0 Å². The number of ether oxygens (including phenoxy) is 1. The maximum Gasteiger partial charge on any atom is 0.0518 e. The van der Waals surface area contributed by atoms with Gasteiger partial charge in [-0.2, -0.15) is 0 Å². The largest absolute Gasteiger partial charge is 0.379 e. The highest BCUT2D eigenvalue weighted by Crippen LogP contribution is 2.29. The monoisotopic (exact) mass is 283 g/mol. The molecule has 1 saturated heterocycles. The number of nitrogens with one attached hydrogen (secondary N) is 1. The third-order valence-electron chi connectivity index (χ3n) is 4.23. The van der Waals surface area contributed by atoms with Crippen molar-refractivity contribution in [3.05, 3.63) is 0 Å². The lowest BCUT2D eigenvalue weighted by molar-refractivity contribution is 0.0768. The van der Waals surface area contributed by atoms with Crippen molar-refractivity contribution in [2.75, 3.05) is 59.0 Å². The van der Waals surface area contributed by atoms with Crippen LogP contribution in [0.1, 0.15) is 33.1 Å². The fraction of sp³-hybridized carbons (Fsp3) is 1.00. The Hall–Kier alpha value is -0.160. The van der Waals surface area contributed by atoms with Crippen molar-refractivity contribution in [3.63, 3.8) is 0 Å². The van der Waals surface area contributed by atoms with Gasteiger partial charge in [-0.05, 0) is 45.6 Å². The normalized spacial score (nSPS) is 21.8. The van der Waals surface area contributed by atoms with E-state index in [1.807, 2.05) is 0 Å². The van der Waals surface area contributed by atoms with E-state index in [0.717, 1.165) is 32.0 Å². The van der Waals surface area contributed by atoms with Crippen molar-refractivity contribution < 1.29 is 4.74 Å². The summed E-state index contributed by atoms with van der Waals surface area (Å²) in [6, 6.07) is 0. The van der Waals surface area contributed by atoms with Gasteiger partial charge in [0.2, 0.25) is 0 Å². The topological polar surface area (TPSA) is 27.7 Å². The second kappa shape index (κ2) is 8.98. The average Bonchev–Trinajstić information content (AvgIpc) is 3.23. The Morgan fingerprint density at radius 3 is 2.40 bits per heavy atom. The molecule has 0 aromatic rings. The van der Waals surface area contributed by atoms with Crippen molar-refractivity contribution in [2.24, 2.45) is 5.92 Å². The molecule has 1 saturated carbocycles. The van der Waals surface area contributed by atoms with E-state index in [2.05, 4.69) is 29.0 Å². The second-order valence-corrected chi connectivity index (χ2v) is 6.61. The first-order chi connectivity index (χ1) is 9.74. The Kier molecular flexibility index (Phi) is 7.28. The van der Waals surface area contributed by atoms with Gasteiger partial charge in [-0.3, -0.25) is 4.90 Å². The van der Waals surface area contributed by atoms with Crippen molar-refractivity contribution >= 4 is 0 Å². The van der Waals surface area contributed by atoms with Gasteiger partial charge in [0, 0.05) is 52.4 Å². The van der Waals surface area contributed by atoms with Gasteiger partial charge >= 0.3 is 0 Å². The Morgan fingerprint density at radius 1 is 1.05 bits per heavy atom. The fourth-order valence-corrected chi connectivity index (χ4v) is 2.74. The minimum absolute atomic E-state index is 0.363. The molecule has 0 bridgehead atoms. The van der Waals surface area contributed by atoms with Crippen LogP contribution in [0.25, 0.3) is 0 Å². The van der Waals surface area contributed by atoms with E-state index in [1.165, 1.54) is 52.1 Å². The molecule has 0 radical (unpaired) electrons. The molecule has 0 aromatic heterocycles. The summed E-state index contributed by atoms with van der Waals surface area (Å²) in [5.41, 5.74) is 0. The van der Waals surface area contributed by atoms with Crippen LogP contribution in [0.5, 0.6) is 0 Å². The van der Waals surface area contributed by atoms with Gasteiger partial charge in [0.15, 0.2) is 0 Å². The number of rotatable bonds is 10. The summed E-state index contributed by atoms with van der Waals surface area (Å²) in [4.78, 5) is 5.26. The van der Waals surface area contributed by atoms with E-state index in [0.29, 0.717) is 6.10 Å². The second-order valence-electron chi connectivity index (χ2n) is 6.61. The molecular formula is C16H33N3O. The molecule has 2 rings (SSSR count). The van der Waals surface area contributed by atoms with E-state index in [1.54, 1.807) is 0 Å². The minimum Gasteiger partial charge on any atom is -0.379 e. The molecule has 1 N–H and O–H groups in total. The number of hydrogen-bond acceptors (Lipinski definition) is 4. The zero-order valence-corrected chi connectivity index (χ0v) is 13.4. The van der Waals surface area contributed by atoms with E-state index in [9.17, 15) is 0 Å². The molecule has 1 aliphatic carbocycles. The van der Waals surface area contributed by atoms with Crippen LogP contribution >= 0.6 is 0 Å². The summed E-state index contributed by atoms with van der Waals surface area (Å²) >= 11 is 0. The molecule has 1 heterocycles. The van der Waals surface area contributed by atoms with E-state index in [4.69, 9.17) is 4.74 Å². The third kappa shape index (κ3) is 7.02. The highest BCUT2D eigenvalue weighted by atomic mass is 16.5. The van der Waals surface area contributed by atoms with Gasteiger partial charge in [0.1, 0.15) is 0 Å². The highest BCUT2D eigenvalue weighted by Gasteiger charge is 2.26. The van der Waals surface area contributed by atoms with Crippen LogP contribution in [0.2, 0.25) is 0 Å². The van der Waals surface area contributed by atoms with Crippen LogP contribution in [-0.2, 0) is 4.74 Å². The first kappa shape index (κ1) is 16.2. The zero-order chi connectivity index (χ0) is 14.2. The molecule has 0 aromatic carbocycles. The molecular weight excluding hydrogens is 250 g/mol. The molecule has 0 unspecified atom stereocenters. The predicted octanol–water partition coefficient (Wildman–Crippen LogP) is 1.42. The molecule has 0 amide bonds. The zero-order valence-electron chi connectivity index (χ0n) is 13.4. The van der Waals surface area contributed by atoms with Crippen molar-refractivity contribution in [2.45, 2.75) is 39.2 Å². The Morgan fingerprint density at radius 2 is 1.75 bits per heavy atom. The third-order valence-corrected chi connectivity index (χ3v) is 4.23. The lowest BCUT2D eigenvalue weighted by atomic mass is 10.3. The molecule has 4 nitrogen and oxygen atoms in total. The predicted molar refractivity (Wildman–Crippen MR) is 84.2 cm³/mol. The maximum absolute atomic E-state index is 5.53.